The number of thiazole rings is 1. The number of hydrogen-bond donors (Lipinski definition) is 1. The van der Waals surface area contributed by atoms with Crippen molar-refractivity contribution < 1.29 is 19.1 Å². The van der Waals surface area contributed by atoms with Gasteiger partial charge in [-0.05, 0) is 30.3 Å². The standard InChI is InChI=1S/C19H16N2O4S/c1-24-19(23)16-7-2-3-8-17(16)21-18(22)13-5-4-6-15(9-13)25-10-14-11-26-12-20-14/h2-9,11-12H,10H2,1H3,(H,21,22). The van der Waals surface area contributed by atoms with Crippen molar-refractivity contribution in [2.45, 2.75) is 6.61 Å². The maximum Gasteiger partial charge on any atom is 0.339 e. The minimum absolute atomic E-state index is 0.291. The highest BCUT2D eigenvalue weighted by atomic mass is 32.1. The molecule has 0 atom stereocenters. The summed E-state index contributed by atoms with van der Waals surface area (Å²) in [6.45, 7) is 0.333. The summed E-state index contributed by atoms with van der Waals surface area (Å²) >= 11 is 1.50. The van der Waals surface area contributed by atoms with Gasteiger partial charge in [-0.15, -0.1) is 11.3 Å². The van der Waals surface area contributed by atoms with Gasteiger partial charge < -0.3 is 14.8 Å². The highest BCUT2D eigenvalue weighted by Gasteiger charge is 2.14. The molecule has 1 aromatic heterocycles. The van der Waals surface area contributed by atoms with E-state index in [0.29, 0.717) is 29.2 Å². The molecule has 0 fully saturated rings. The van der Waals surface area contributed by atoms with Crippen LogP contribution < -0.4 is 10.1 Å². The van der Waals surface area contributed by atoms with Crippen molar-refractivity contribution in [1.82, 2.24) is 4.98 Å². The number of anilines is 1. The van der Waals surface area contributed by atoms with E-state index in [4.69, 9.17) is 9.47 Å². The molecule has 1 heterocycles. The first-order valence-electron chi connectivity index (χ1n) is 7.76. The van der Waals surface area contributed by atoms with Gasteiger partial charge in [0.15, 0.2) is 0 Å². The number of benzene rings is 2. The van der Waals surface area contributed by atoms with Crippen LogP contribution in [0.15, 0.2) is 59.4 Å². The van der Waals surface area contributed by atoms with Crippen molar-refractivity contribution in [1.29, 1.82) is 0 Å². The van der Waals surface area contributed by atoms with Crippen molar-refractivity contribution >= 4 is 28.9 Å². The summed E-state index contributed by atoms with van der Waals surface area (Å²) in [6.07, 6.45) is 0. The van der Waals surface area contributed by atoms with E-state index in [1.165, 1.54) is 18.4 Å². The van der Waals surface area contributed by atoms with E-state index >= 15 is 0 Å². The predicted octanol–water partition coefficient (Wildman–Crippen LogP) is 3.76. The second kappa shape index (κ2) is 8.26. The molecule has 0 radical (unpaired) electrons. The molecular weight excluding hydrogens is 352 g/mol. The molecule has 3 aromatic rings. The molecule has 0 aliphatic heterocycles. The quantitative estimate of drug-likeness (QED) is 0.670. The van der Waals surface area contributed by atoms with Crippen LogP contribution in [-0.4, -0.2) is 24.0 Å². The maximum atomic E-state index is 12.5. The highest BCUT2D eigenvalue weighted by Crippen LogP contribution is 2.19. The molecule has 1 N–H and O–H groups in total. The number of para-hydroxylation sites is 1. The zero-order chi connectivity index (χ0) is 18.4. The number of aromatic nitrogens is 1. The number of rotatable bonds is 6. The topological polar surface area (TPSA) is 77.5 Å². The summed E-state index contributed by atoms with van der Waals surface area (Å²) in [5.41, 5.74) is 3.66. The van der Waals surface area contributed by atoms with E-state index in [1.807, 2.05) is 5.38 Å². The van der Waals surface area contributed by atoms with Crippen LogP contribution in [0.5, 0.6) is 5.75 Å². The molecule has 1 amide bonds. The average Bonchev–Trinajstić information content (AvgIpc) is 3.20. The van der Waals surface area contributed by atoms with E-state index in [1.54, 1.807) is 54.0 Å². The Morgan fingerprint density at radius 2 is 2.00 bits per heavy atom. The number of nitrogens with zero attached hydrogens (tertiary/aromatic N) is 1. The van der Waals surface area contributed by atoms with Crippen LogP contribution in [0.4, 0.5) is 5.69 Å². The Morgan fingerprint density at radius 3 is 2.77 bits per heavy atom. The van der Waals surface area contributed by atoms with E-state index < -0.39 is 5.97 Å². The van der Waals surface area contributed by atoms with E-state index in [9.17, 15) is 9.59 Å². The Kier molecular flexibility index (Phi) is 5.60. The number of hydrogen-bond acceptors (Lipinski definition) is 6. The lowest BCUT2D eigenvalue weighted by atomic mass is 10.1. The minimum atomic E-state index is -0.513. The normalized spacial score (nSPS) is 10.2. The second-order valence-corrected chi connectivity index (χ2v) is 6.01. The van der Waals surface area contributed by atoms with Gasteiger partial charge in [0.2, 0.25) is 0 Å². The van der Waals surface area contributed by atoms with Crippen LogP contribution in [0.1, 0.15) is 26.4 Å². The highest BCUT2D eigenvalue weighted by molar-refractivity contribution is 7.07. The van der Waals surface area contributed by atoms with Crippen LogP contribution in [0.2, 0.25) is 0 Å². The molecule has 0 spiro atoms. The number of carbonyl (C=O) groups is 2. The van der Waals surface area contributed by atoms with Gasteiger partial charge in [-0.25, -0.2) is 9.78 Å². The van der Waals surface area contributed by atoms with Gasteiger partial charge in [-0.3, -0.25) is 4.79 Å². The smallest absolute Gasteiger partial charge is 0.339 e. The third kappa shape index (κ3) is 4.25. The predicted molar refractivity (Wildman–Crippen MR) is 98.6 cm³/mol. The van der Waals surface area contributed by atoms with Crippen molar-refractivity contribution in [2.24, 2.45) is 0 Å². The van der Waals surface area contributed by atoms with Gasteiger partial charge in [0.25, 0.3) is 5.91 Å². The lowest BCUT2D eigenvalue weighted by Crippen LogP contribution is -2.15. The SMILES string of the molecule is COC(=O)c1ccccc1NC(=O)c1cccc(OCc2cscn2)c1. The lowest BCUT2D eigenvalue weighted by Gasteiger charge is -2.10. The molecule has 6 nitrogen and oxygen atoms in total. The molecule has 0 aliphatic rings. The minimum Gasteiger partial charge on any atom is -0.487 e. The Morgan fingerprint density at radius 1 is 1.15 bits per heavy atom. The molecule has 0 saturated carbocycles. The fourth-order valence-electron chi connectivity index (χ4n) is 2.27. The van der Waals surface area contributed by atoms with E-state index in [-0.39, 0.29) is 5.91 Å². The monoisotopic (exact) mass is 368 g/mol. The largest absolute Gasteiger partial charge is 0.487 e. The Hall–Kier alpha value is -3.19. The summed E-state index contributed by atoms with van der Waals surface area (Å²) in [5.74, 6) is -0.298. The Bertz CT molecular complexity index is 909. The van der Waals surface area contributed by atoms with Gasteiger partial charge in [0, 0.05) is 10.9 Å². The molecule has 26 heavy (non-hydrogen) atoms. The second-order valence-electron chi connectivity index (χ2n) is 5.29. The number of nitrogens with one attached hydrogen (secondary N) is 1. The van der Waals surface area contributed by atoms with E-state index in [2.05, 4.69) is 10.3 Å². The molecule has 0 saturated heterocycles. The number of esters is 1. The third-order valence-corrected chi connectivity index (χ3v) is 4.18. The van der Waals surface area contributed by atoms with Crippen LogP contribution in [0.3, 0.4) is 0 Å². The van der Waals surface area contributed by atoms with E-state index in [0.717, 1.165) is 5.69 Å². The first-order chi connectivity index (χ1) is 12.7. The molecule has 3 rings (SSSR count). The zero-order valence-corrected chi connectivity index (χ0v) is 14.8. The third-order valence-electron chi connectivity index (χ3n) is 3.55. The Labute approximate surface area is 154 Å². The zero-order valence-electron chi connectivity index (χ0n) is 14.0. The van der Waals surface area contributed by atoms with Gasteiger partial charge in [-0.2, -0.15) is 0 Å². The molecule has 0 aliphatic carbocycles. The summed E-state index contributed by atoms with van der Waals surface area (Å²) in [4.78, 5) is 28.5. The van der Waals surface area contributed by atoms with Crippen LogP contribution >= 0.6 is 11.3 Å². The molecule has 132 valence electrons. The van der Waals surface area contributed by atoms with Crippen LogP contribution in [0, 0.1) is 0 Å². The number of methoxy groups -OCH3 is 1. The fraction of sp³-hybridized carbons (Fsp3) is 0.105. The summed E-state index contributed by atoms with van der Waals surface area (Å²) in [7, 11) is 1.30. The first-order valence-corrected chi connectivity index (χ1v) is 8.70. The summed E-state index contributed by atoms with van der Waals surface area (Å²) in [6, 6.07) is 13.5. The van der Waals surface area contributed by atoms with Crippen molar-refractivity contribution in [3.05, 3.63) is 76.2 Å². The first kappa shape index (κ1) is 17.6. The van der Waals surface area contributed by atoms with Crippen molar-refractivity contribution in [2.75, 3.05) is 12.4 Å². The summed E-state index contributed by atoms with van der Waals surface area (Å²) < 4.78 is 10.4. The van der Waals surface area contributed by atoms with Crippen molar-refractivity contribution in [3.63, 3.8) is 0 Å². The lowest BCUT2D eigenvalue weighted by molar-refractivity contribution is 0.0602. The fourth-order valence-corrected chi connectivity index (χ4v) is 2.81. The average molecular weight is 368 g/mol. The molecule has 0 unspecified atom stereocenters. The molecule has 7 heteroatoms. The van der Waals surface area contributed by atoms with Crippen molar-refractivity contribution in [3.8, 4) is 5.75 Å². The van der Waals surface area contributed by atoms with Gasteiger partial charge in [0.05, 0.1) is 29.6 Å². The molecule has 2 aromatic carbocycles. The van der Waals surface area contributed by atoms with Gasteiger partial charge in [-0.1, -0.05) is 18.2 Å². The Balaban J connectivity index is 1.72. The summed E-state index contributed by atoms with van der Waals surface area (Å²) in [5, 5.41) is 4.64. The number of carbonyl (C=O) groups excluding carboxylic acids is 2. The van der Waals surface area contributed by atoms with Gasteiger partial charge >= 0.3 is 5.97 Å². The molecular formula is C19H16N2O4S. The van der Waals surface area contributed by atoms with Gasteiger partial charge in [0.1, 0.15) is 12.4 Å². The maximum absolute atomic E-state index is 12.5. The number of ether oxygens (including phenoxy) is 2. The van der Waals surface area contributed by atoms with Crippen LogP contribution in [0.25, 0.3) is 0 Å². The van der Waals surface area contributed by atoms with Crippen LogP contribution in [-0.2, 0) is 11.3 Å². The molecule has 0 bridgehead atoms. The number of amides is 1.